The van der Waals surface area contributed by atoms with E-state index in [1.165, 1.54) is 7.05 Å². The fraction of sp³-hybridized carbons (Fsp3) is 0.500. The van der Waals surface area contributed by atoms with E-state index >= 15 is 0 Å². The molecule has 1 aromatic rings. The third-order valence-corrected chi connectivity index (χ3v) is 4.19. The Bertz CT molecular complexity index is 526. The summed E-state index contributed by atoms with van der Waals surface area (Å²) in [6.07, 6.45) is 2.43. The van der Waals surface area contributed by atoms with Crippen molar-refractivity contribution in [3.63, 3.8) is 0 Å². The first-order valence-electron chi connectivity index (χ1n) is 7.15. The second-order valence-corrected chi connectivity index (χ2v) is 5.39. The highest BCUT2D eigenvalue weighted by molar-refractivity contribution is 6.05. The molecule has 0 heterocycles. The lowest BCUT2D eigenvalue weighted by atomic mass is 9.71. The van der Waals surface area contributed by atoms with Gasteiger partial charge in [-0.05, 0) is 37.1 Å². The summed E-state index contributed by atoms with van der Waals surface area (Å²) in [6, 6.07) is 6.59. The van der Waals surface area contributed by atoms with Crippen LogP contribution in [0.2, 0.25) is 0 Å². The summed E-state index contributed by atoms with van der Waals surface area (Å²) < 4.78 is 5.06. The fourth-order valence-corrected chi connectivity index (χ4v) is 2.94. The van der Waals surface area contributed by atoms with Crippen LogP contribution in [-0.2, 0) is 4.79 Å². The molecule has 1 aliphatic carbocycles. The van der Waals surface area contributed by atoms with E-state index in [1.54, 1.807) is 31.4 Å². The van der Waals surface area contributed by atoms with Gasteiger partial charge in [0, 0.05) is 12.6 Å². The van der Waals surface area contributed by atoms with Crippen LogP contribution in [-0.4, -0.2) is 36.6 Å². The number of aliphatic hydroxyl groups is 1. The summed E-state index contributed by atoms with van der Waals surface area (Å²) in [5, 5.41) is 13.4. The third-order valence-electron chi connectivity index (χ3n) is 4.19. The molecule has 0 spiro atoms. The minimum atomic E-state index is -1.62. The minimum absolute atomic E-state index is 0.279. The van der Waals surface area contributed by atoms with Crippen LogP contribution in [0.4, 0.5) is 0 Å². The number of nitrogens with one attached hydrogen (secondary N) is 1. The van der Waals surface area contributed by atoms with Gasteiger partial charge < -0.3 is 15.2 Å². The van der Waals surface area contributed by atoms with Crippen molar-refractivity contribution in [2.45, 2.75) is 31.3 Å². The van der Waals surface area contributed by atoms with E-state index in [0.29, 0.717) is 24.2 Å². The average Bonchev–Trinajstić information content (AvgIpc) is 2.54. The van der Waals surface area contributed by atoms with Crippen LogP contribution < -0.4 is 10.1 Å². The Labute approximate surface area is 124 Å². The SMILES string of the molecule is CNC(=O)C1CCCCC1(O)C(=O)c1ccc(OC)cc1. The Kier molecular flexibility index (Phi) is 4.63. The maximum Gasteiger partial charge on any atom is 0.226 e. The zero-order valence-electron chi connectivity index (χ0n) is 12.4. The molecule has 1 aliphatic rings. The van der Waals surface area contributed by atoms with Crippen molar-refractivity contribution in [2.24, 2.45) is 5.92 Å². The number of carbonyl (C=O) groups excluding carboxylic acids is 2. The molecule has 0 saturated heterocycles. The van der Waals surface area contributed by atoms with Crippen LogP contribution in [0, 0.1) is 5.92 Å². The van der Waals surface area contributed by atoms with Crippen molar-refractivity contribution in [1.29, 1.82) is 0 Å². The highest BCUT2D eigenvalue weighted by atomic mass is 16.5. The zero-order chi connectivity index (χ0) is 15.5. The second-order valence-electron chi connectivity index (χ2n) is 5.39. The lowest BCUT2D eigenvalue weighted by molar-refractivity contribution is -0.134. The summed E-state index contributed by atoms with van der Waals surface area (Å²) >= 11 is 0. The van der Waals surface area contributed by atoms with Gasteiger partial charge in [-0.25, -0.2) is 0 Å². The maximum atomic E-state index is 12.7. The molecule has 1 aromatic carbocycles. The Balaban J connectivity index is 2.30. The van der Waals surface area contributed by atoms with Gasteiger partial charge in [-0.15, -0.1) is 0 Å². The summed E-state index contributed by atoms with van der Waals surface area (Å²) in [5.74, 6) is -0.714. The molecular weight excluding hydrogens is 270 g/mol. The van der Waals surface area contributed by atoms with Gasteiger partial charge in [-0.1, -0.05) is 12.8 Å². The van der Waals surface area contributed by atoms with E-state index in [1.807, 2.05) is 0 Å². The van der Waals surface area contributed by atoms with Crippen molar-refractivity contribution in [3.05, 3.63) is 29.8 Å². The number of hydrogen-bond acceptors (Lipinski definition) is 4. The summed E-state index contributed by atoms with van der Waals surface area (Å²) in [5.41, 5.74) is -1.22. The van der Waals surface area contributed by atoms with E-state index in [9.17, 15) is 14.7 Å². The molecule has 5 heteroatoms. The lowest BCUT2D eigenvalue weighted by Gasteiger charge is -2.37. The Hall–Kier alpha value is -1.88. The molecule has 0 bridgehead atoms. The minimum Gasteiger partial charge on any atom is -0.497 e. The number of rotatable bonds is 4. The van der Waals surface area contributed by atoms with Gasteiger partial charge in [0.2, 0.25) is 5.91 Å². The lowest BCUT2D eigenvalue weighted by Crippen LogP contribution is -2.53. The van der Waals surface area contributed by atoms with Gasteiger partial charge >= 0.3 is 0 Å². The smallest absolute Gasteiger partial charge is 0.226 e. The van der Waals surface area contributed by atoms with Crippen LogP contribution in [0.3, 0.4) is 0 Å². The molecule has 1 amide bonds. The molecule has 5 nitrogen and oxygen atoms in total. The molecule has 21 heavy (non-hydrogen) atoms. The van der Waals surface area contributed by atoms with Crippen molar-refractivity contribution in [3.8, 4) is 5.75 Å². The van der Waals surface area contributed by atoms with Crippen LogP contribution in [0.5, 0.6) is 5.75 Å². The normalized spacial score (nSPS) is 25.2. The van der Waals surface area contributed by atoms with Gasteiger partial charge in [0.1, 0.15) is 11.4 Å². The van der Waals surface area contributed by atoms with Gasteiger partial charge in [0.15, 0.2) is 5.78 Å². The number of Topliss-reactive ketones (excluding diaryl/α,β-unsaturated/α-hetero) is 1. The Morgan fingerprint density at radius 2 is 1.95 bits per heavy atom. The monoisotopic (exact) mass is 291 g/mol. The van der Waals surface area contributed by atoms with E-state index in [2.05, 4.69) is 5.32 Å². The molecule has 2 N–H and O–H groups in total. The number of ether oxygens (including phenoxy) is 1. The quantitative estimate of drug-likeness (QED) is 0.825. The topological polar surface area (TPSA) is 75.6 Å². The maximum absolute atomic E-state index is 12.7. The number of carbonyl (C=O) groups is 2. The molecule has 114 valence electrons. The first kappa shape index (κ1) is 15.5. The number of hydrogen-bond donors (Lipinski definition) is 2. The second kappa shape index (κ2) is 6.26. The van der Waals surface area contributed by atoms with E-state index in [-0.39, 0.29) is 5.91 Å². The molecule has 2 atom stereocenters. The standard InChI is InChI=1S/C16H21NO4/c1-17-15(19)13-5-3-4-10-16(13,20)14(18)11-6-8-12(21-2)9-7-11/h6-9,13,20H,3-5,10H2,1-2H3,(H,17,19). The average molecular weight is 291 g/mol. The first-order chi connectivity index (χ1) is 10.0. The van der Waals surface area contributed by atoms with Crippen molar-refractivity contribution in [2.75, 3.05) is 14.2 Å². The van der Waals surface area contributed by atoms with Crippen molar-refractivity contribution in [1.82, 2.24) is 5.32 Å². The van der Waals surface area contributed by atoms with Crippen LogP contribution in [0.15, 0.2) is 24.3 Å². The molecule has 2 unspecified atom stereocenters. The van der Waals surface area contributed by atoms with Crippen LogP contribution in [0.1, 0.15) is 36.0 Å². The molecule has 0 aliphatic heterocycles. The van der Waals surface area contributed by atoms with Crippen molar-refractivity contribution >= 4 is 11.7 Å². The molecular formula is C16H21NO4. The fourth-order valence-electron chi connectivity index (χ4n) is 2.94. The highest BCUT2D eigenvalue weighted by Gasteiger charge is 2.48. The number of ketones is 1. The van der Waals surface area contributed by atoms with E-state index in [0.717, 1.165) is 12.8 Å². The van der Waals surface area contributed by atoms with E-state index in [4.69, 9.17) is 4.74 Å². The first-order valence-corrected chi connectivity index (χ1v) is 7.15. The molecule has 1 fully saturated rings. The van der Waals surface area contributed by atoms with Gasteiger partial charge in [-0.3, -0.25) is 9.59 Å². The van der Waals surface area contributed by atoms with Gasteiger partial charge in [-0.2, -0.15) is 0 Å². The largest absolute Gasteiger partial charge is 0.497 e. The Morgan fingerprint density at radius 1 is 1.29 bits per heavy atom. The number of amides is 1. The summed E-state index contributed by atoms with van der Waals surface area (Å²) in [7, 11) is 3.07. The predicted octanol–water partition coefficient (Wildman–Crippen LogP) is 1.55. The number of methoxy groups -OCH3 is 1. The van der Waals surface area contributed by atoms with Crippen LogP contribution >= 0.6 is 0 Å². The highest BCUT2D eigenvalue weighted by Crippen LogP contribution is 2.36. The Morgan fingerprint density at radius 3 is 2.52 bits per heavy atom. The predicted molar refractivity (Wildman–Crippen MR) is 78.3 cm³/mol. The molecule has 1 saturated carbocycles. The summed E-state index contributed by atoms with van der Waals surface area (Å²) in [6.45, 7) is 0. The number of benzene rings is 1. The van der Waals surface area contributed by atoms with Gasteiger partial charge in [0.05, 0.1) is 13.0 Å². The summed E-state index contributed by atoms with van der Waals surface area (Å²) in [4.78, 5) is 24.7. The van der Waals surface area contributed by atoms with Crippen molar-refractivity contribution < 1.29 is 19.4 Å². The molecule has 0 aromatic heterocycles. The molecule has 0 radical (unpaired) electrons. The zero-order valence-corrected chi connectivity index (χ0v) is 12.4. The van der Waals surface area contributed by atoms with Crippen LogP contribution in [0.25, 0.3) is 0 Å². The molecule has 2 rings (SSSR count). The third kappa shape index (κ3) is 2.93. The van der Waals surface area contributed by atoms with Gasteiger partial charge in [0.25, 0.3) is 0 Å². The van der Waals surface area contributed by atoms with E-state index < -0.39 is 17.3 Å².